The Hall–Kier alpha value is -3.25. The van der Waals surface area contributed by atoms with Crippen LogP contribution in [-0.2, 0) is 4.79 Å². The van der Waals surface area contributed by atoms with E-state index in [9.17, 15) is 9.59 Å². The molecule has 1 atom stereocenters. The number of anilines is 2. The van der Waals surface area contributed by atoms with Crippen LogP contribution < -0.4 is 15.0 Å². The minimum atomic E-state index is -0.193. The van der Waals surface area contributed by atoms with Gasteiger partial charge in [0.2, 0.25) is 5.91 Å². The summed E-state index contributed by atoms with van der Waals surface area (Å²) in [4.78, 5) is 27.1. The Balaban J connectivity index is 1.63. The fourth-order valence-electron chi connectivity index (χ4n) is 3.48. The normalized spacial score (nSPS) is 15.9. The molecule has 1 heterocycles. The highest BCUT2D eigenvalue weighted by atomic mass is 32.2. The van der Waals surface area contributed by atoms with Gasteiger partial charge >= 0.3 is 0 Å². The first-order chi connectivity index (χ1) is 14.6. The molecule has 1 aliphatic rings. The Morgan fingerprint density at radius 2 is 1.87 bits per heavy atom. The van der Waals surface area contributed by atoms with E-state index in [1.54, 1.807) is 35.9 Å². The predicted octanol–water partition coefficient (Wildman–Crippen LogP) is 5.03. The second kappa shape index (κ2) is 8.63. The molecule has 0 aromatic heterocycles. The van der Waals surface area contributed by atoms with Gasteiger partial charge in [-0.3, -0.25) is 14.5 Å². The van der Waals surface area contributed by atoms with Crippen LogP contribution in [0.15, 0.2) is 72.8 Å². The smallest absolute Gasteiger partial charge is 0.255 e. The molecular weight excluding hydrogens is 396 g/mol. The van der Waals surface area contributed by atoms with E-state index < -0.39 is 0 Å². The fourth-order valence-corrected chi connectivity index (χ4v) is 4.64. The summed E-state index contributed by atoms with van der Waals surface area (Å²) in [5, 5.41) is 2.75. The first-order valence-electron chi connectivity index (χ1n) is 9.61. The molecule has 0 aliphatic carbocycles. The summed E-state index contributed by atoms with van der Waals surface area (Å²) in [5.41, 5.74) is 4.05. The first-order valence-corrected chi connectivity index (χ1v) is 10.7. The van der Waals surface area contributed by atoms with Crippen LogP contribution in [0, 0.1) is 6.92 Å². The molecule has 30 heavy (non-hydrogen) atoms. The molecule has 1 unspecified atom stereocenters. The highest BCUT2D eigenvalue weighted by molar-refractivity contribution is 8.00. The molecule has 5 nitrogen and oxygen atoms in total. The molecule has 0 radical (unpaired) electrons. The predicted molar refractivity (Wildman–Crippen MR) is 121 cm³/mol. The number of amides is 2. The van der Waals surface area contributed by atoms with Crippen molar-refractivity contribution >= 4 is 35.0 Å². The van der Waals surface area contributed by atoms with Crippen LogP contribution in [0.4, 0.5) is 11.4 Å². The third-order valence-corrected chi connectivity index (χ3v) is 6.14. The van der Waals surface area contributed by atoms with E-state index in [0.717, 1.165) is 16.8 Å². The molecule has 0 saturated carbocycles. The van der Waals surface area contributed by atoms with Crippen LogP contribution in [0.1, 0.15) is 26.9 Å². The summed E-state index contributed by atoms with van der Waals surface area (Å²) >= 11 is 1.56. The first kappa shape index (κ1) is 20.0. The highest BCUT2D eigenvalue weighted by Gasteiger charge is 2.35. The quantitative estimate of drug-likeness (QED) is 0.631. The van der Waals surface area contributed by atoms with E-state index in [-0.39, 0.29) is 17.2 Å². The van der Waals surface area contributed by atoms with E-state index in [1.807, 2.05) is 67.6 Å². The third kappa shape index (κ3) is 4.04. The molecule has 6 heteroatoms. The van der Waals surface area contributed by atoms with E-state index >= 15 is 0 Å². The minimum absolute atomic E-state index is 0.0348. The number of rotatable bonds is 5. The van der Waals surface area contributed by atoms with Gasteiger partial charge in [-0.1, -0.05) is 36.4 Å². The topological polar surface area (TPSA) is 58.6 Å². The molecule has 1 fully saturated rings. The monoisotopic (exact) mass is 418 g/mol. The van der Waals surface area contributed by atoms with Gasteiger partial charge in [-0.15, -0.1) is 11.8 Å². The molecule has 1 N–H and O–H groups in total. The molecule has 152 valence electrons. The standard InChI is InChI=1S/C24H22N2O3S/c1-16-11-12-21(29-2)20(13-16)26-22(27)15-30-24(26)18-9-6-10-19(14-18)25-23(28)17-7-4-3-5-8-17/h3-14,24H,15H2,1-2H3,(H,25,28). The number of carbonyl (C=O) groups is 2. The summed E-state index contributed by atoms with van der Waals surface area (Å²) in [7, 11) is 1.61. The zero-order valence-electron chi connectivity index (χ0n) is 16.8. The SMILES string of the molecule is COc1ccc(C)cc1N1C(=O)CSC1c1cccc(NC(=O)c2ccccc2)c1. The second-order valence-corrected chi connectivity index (χ2v) is 8.12. The second-order valence-electron chi connectivity index (χ2n) is 7.05. The number of methoxy groups -OCH3 is 1. The van der Waals surface area contributed by atoms with Gasteiger partial charge in [-0.05, 0) is 54.4 Å². The van der Waals surface area contributed by atoms with Crippen LogP contribution in [0.5, 0.6) is 5.75 Å². The Bertz CT molecular complexity index is 1080. The highest BCUT2D eigenvalue weighted by Crippen LogP contribution is 2.45. The van der Waals surface area contributed by atoms with Crippen LogP contribution >= 0.6 is 11.8 Å². The number of hydrogen-bond acceptors (Lipinski definition) is 4. The van der Waals surface area contributed by atoms with Crippen molar-refractivity contribution in [3.63, 3.8) is 0 Å². The lowest BCUT2D eigenvalue weighted by Gasteiger charge is -2.26. The lowest BCUT2D eigenvalue weighted by atomic mass is 10.1. The van der Waals surface area contributed by atoms with Gasteiger partial charge in [-0.25, -0.2) is 0 Å². The van der Waals surface area contributed by atoms with E-state index in [4.69, 9.17) is 4.74 Å². The number of carbonyl (C=O) groups excluding carboxylic acids is 2. The average molecular weight is 419 g/mol. The number of nitrogens with one attached hydrogen (secondary N) is 1. The molecule has 4 rings (SSSR count). The van der Waals surface area contributed by atoms with Crippen molar-refractivity contribution in [3.8, 4) is 5.75 Å². The Labute approximate surface area is 180 Å². The fraction of sp³-hybridized carbons (Fsp3) is 0.167. The summed E-state index contributed by atoms with van der Waals surface area (Å²) in [6, 6.07) is 22.5. The maximum atomic E-state index is 12.8. The van der Waals surface area contributed by atoms with Gasteiger partial charge in [0.15, 0.2) is 0 Å². The summed E-state index contributed by atoms with van der Waals surface area (Å²) in [5.74, 6) is 0.922. The zero-order valence-corrected chi connectivity index (χ0v) is 17.6. The molecule has 1 saturated heterocycles. The van der Waals surface area contributed by atoms with Crippen molar-refractivity contribution in [1.29, 1.82) is 0 Å². The van der Waals surface area contributed by atoms with Crippen LogP contribution in [0.3, 0.4) is 0 Å². The largest absolute Gasteiger partial charge is 0.495 e. The number of aryl methyl sites for hydroxylation is 1. The molecule has 0 bridgehead atoms. The van der Waals surface area contributed by atoms with Crippen LogP contribution in [-0.4, -0.2) is 24.7 Å². The maximum Gasteiger partial charge on any atom is 0.255 e. The van der Waals surface area contributed by atoms with Crippen LogP contribution in [0.25, 0.3) is 0 Å². The van der Waals surface area contributed by atoms with Crippen molar-refractivity contribution in [2.75, 3.05) is 23.1 Å². The maximum absolute atomic E-state index is 12.8. The van der Waals surface area contributed by atoms with Crippen LogP contribution in [0.2, 0.25) is 0 Å². The van der Waals surface area contributed by atoms with E-state index in [2.05, 4.69) is 5.32 Å². The summed E-state index contributed by atoms with van der Waals surface area (Å²) in [6.45, 7) is 1.99. The molecule has 1 aliphatic heterocycles. The Morgan fingerprint density at radius 1 is 1.07 bits per heavy atom. The van der Waals surface area contributed by atoms with Gasteiger partial charge in [-0.2, -0.15) is 0 Å². The number of benzene rings is 3. The Morgan fingerprint density at radius 3 is 2.63 bits per heavy atom. The number of hydrogen-bond donors (Lipinski definition) is 1. The lowest BCUT2D eigenvalue weighted by Crippen LogP contribution is -2.28. The Kier molecular flexibility index (Phi) is 5.77. The molecule has 3 aromatic rings. The van der Waals surface area contributed by atoms with Crippen molar-refractivity contribution in [2.45, 2.75) is 12.3 Å². The zero-order chi connectivity index (χ0) is 21.1. The summed E-state index contributed by atoms with van der Waals surface area (Å²) < 4.78 is 5.51. The van der Waals surface area contributed by atoms with Gasteiger partial charge in [0.1, 0.15) is 11.1 Å². The van der Waals surface area contributed by atoms with Crippen molar-refractivity contribution in [1.82, 2.24) is 0 Å². The van der Waals surface area contributed by atoms with Crippen molar-refractivity contribution in [2.24, 2.45) is 0 Å². The van der Waals surface area contributed by atoms with Gasteiger partial charge in [0, 0.05) is 11.3 Å². The molecule has 0 spiro atoms. The lowest BCUT2D eigenvalue weighted by molar-refractivity contribution is -0.115. The molecular formula is C24H22N2O3S. The van der Waals surface area contributed by atoms with E-state index in [0.29, 0.717) is 22.8 Å². The van der Waals surface area contributed by atoms with Crippen molar-refractivity contribution in [3.05, 3.63) is 89.5 Å². The van der Waals surface area contributed by atoms with Gasteiger partial charge in [0.05, 0.1) is 18.6 Å². The number of nitrogens with zero attached hydrogens (tertiary/aromatic N) is 1. The molecule has 3 aromatic carbocycles. The van der Waals surface area contributed by atoms with Gasteiger partial charge < -0.3 is 10.1 Å². The third-order valence-electron chi connectivity index (χ3n) is 4.93. The average Bonchev–Trinajstić information content (AvgIpc) is 3.15. The van der Waals surface area contributed by atoms with E-state index in [1.165, 1.54) is 0 Å². The number of ether oxygens (including phenoxy) is 1. The molecule has 2 amide bonds. The van der Waals surface area contributed by atoms with Crippen molar-refractivity contribution < 1.29 is 14.3 Å². The van der Waals surface area contributed by atoms with Gasteiger partial charge in [0.25, 0.3) is 5.91 Å². The minimum Gasteiger partial charge on any atom is -0.495 e. The number of thioether (sulfide) groups is 1. The summed E-state index contributed by atoms with van der Waals surface area (Å²) in [6.07, 6.45) is 0.